The van der Waals surface area contributed by atoms with Crippen molar-refractivity contribution in [3.8, 4) is 0 Å². The maximum Gasteiger partial charge on any atom is 0.226 e. The summed E-state index contributed by atoms with van der Waals surface area (Å²) in [5.74, 6) is -1.46. The number of rotatable bonds is 7. The highest BCUT2D eigenvalue weighted by Crippen LogP contribution is 2.59. The first-order valence-electron chi connectivity index (χ1n) is 9.14. The molecule has 2 N–H and O–H groups in total. The molecule has 2 aromatic carbocycles. The molecule has 1 amide bonds. The number of allylic oxidation sites excluding steroid dienone is 1. The average Bonchev–Trinajstić information content (AvgIpc) is 3.22. The molecule has 2 aromatic rings. The normalized spacial score (nSPS) is 20.3. The molecule has 0 saturated heterocycles. The molecule has 29 heavy (non-hydrogen) atoms. The molecule has 3 rings (SSSR count). The van der Waals surface area contributed by atoms with Gasteiger partial charge in [0.1, 0.15) is 10.3 Å². The number of halogens is 3. The van der Waals surface area contributed by atoms with Crippen molar-refractivity contribution in [1.82, 2.24) is 5.32 Å². The number of hydrogen-bond donors (Lipinski definition) is 2. The quantitative estimate of drug-likeness (QED) is 0.467. The van der Waals surface area contributed by atoms with E-state index in [1.807, 2.05) is 13.8 Å². The second-order valence-corrected chi connectivity index (χ2v) is 8.61. The first-order chi connectivity index (χ1) is 13.7. The molecule has 0 aliphatic heterocycles. The third-order valence-electron chi connectivity index (χ3n) is 5.26. The van der Waals surface area contributed by atoms with Crippen molar-refractivity contribution >= 4 is 40.6 Å². The van der Waals surface area contributed by atoms with Crippen LogP contribution in [0.3, 0.4) is 0 Å². The van der Waals surface area contributed by atoms with E-state index in [0.717, 1.165) is 0 Å². The van der Waals surface area contributed by atoms with Crippen LogP contribution in [0.25, 0.3) is 0 Å². The summed E-state index contributed by atoms with van der Waals surface area (Å²) in [5.41, 5.74) is 0.633. The van der Waals surface area contributed by atoms with Crippen LogP contribution in [-0.2, 0) is 4.79 Å². The lowest BCUT2D eigenvalue weighted by atomic mass is 10.1. The van der Waals surface area contributed by atoms with E-state index in [2.05, 4.69) is 10.6 Å². The first-order valence-corrected chi connectivity index (χ1v) is 9.90. The highest BCUT2D eigenvalue weighted by Gasteiger charge is 2.60. The summed E-state index contributed by atoms with van der Waals surface area (Å²) in [4.78, 5) is 25.9. The summed E-state index contributed by atoms with van der Waals surface area (Å²) in [6, 6.07) is 14.2. The zero-order valence-corrected chi connectivity index (χ0v) is 17.5. The Labute approximate surface area is 179 Å². The van der Waals surface area contributed by atoms with E-state index in [-0.39, 0.29) is 33.4 Å². The molecule has 0 radical (unpaired) electrons. The summed E-state index contributed by atoms with van der Waals surface area (Å²) in [7, 11) is 0. The summed E-state index contributed by atoms with van der Waals surface area (Å²) in [5, 5.41) is 5.78. The van der Waals surface area contributed by atoms with Gasteiger partial charge in [0.05, 0.1) is 5.92 Å². The third kappa shape index (κ3) is 4.98. The first kappa shape index (κ1) is 21.3. The van der Waals surface area contributed by atoms with Crippen LogP contribution in [0.2, 0.25) is 0 Å². The molecule has 152 valence electrons. The van der Waals surface area contributed by atoms with Crippen LogP contribution >= 0.6 is 23.2 Å². The molecule has 1 saturated carbocycles. The van der Waals surface area contributed by atoms with Gasteiger partial charge in [-0.05, 0) is 41.7 Å². The Bertz CT molecular complexity index is 926. The second-order valence-electron chi connectivity index (χ2n) is 7.60. The average molecular weight is 435 g/mol. The van der Waals surface area contributed by atoms with Crippen molar-refractivity contribution in [3.05, 3.63) is 76.5 Å². The van der Waals surface area contributed by atoms with Gasteiger partial charge in [-0.3, -0.25) is 9.59 Å². The number of ketones is 1. The number of anilines is 1. The lowest BCUT2D eigenvalue weighted by Crippen LogP contribution is -2.47. The van der Waals surface area contributed by atoms with Gasteiger partial charge < -0.3 is 10.6 Å². The standard InChI is InChI=1S/C22H21Cl2FN2O2/c1-22(2)16(12-17(23)24)18(22)21(29)27-20(19(28)13-6-4-3-5-7-13)26-15-10-8-14(25)9-11-15/h3-12,16,18,20,26H,1-2H3,(H,27,29)/t16-,18+,20+/m1/s1. The maximum atomic E-state index is 13.2. The summed E-state index contributed by atoms with van der Waals surface area (Å²) < 4.78 is 13.3. The summed E-state index contributed by atoms with van der Waals surface area (Å²) in [6.45, 7) is 3.88. The van der Waals surface area contributed by atoms with E-state index in [9.17, 15) is 14.0 Å². The Balaban J connectivity index is 1.81. The Morgan fingerprint density at radius 2 is 1.69 bits per heavy atom. The predicted octanol–water partition coefficient (Wildman–Crippen LogP) is 5.15. The van der Waals surface area contributed by atoms with Crippen LogP contribution in [0.5, 0.6) is 0 Å². The van der Waals surface area contributed by atoms with E-state index < -0.39 is 12.0 Å². The largest absolute Gasteiger partial charge is 0.359 e. The minimum absolute atomic E-state index is 0.111. The number of carbonyl (C=O) groups excluding carboxylic acids is 2. The fourth-order valence-corrected chi connectivity index (χ4v) is 3.78. The van der Waals surface area contributed by atoms with Gasteiger partial charge in [0.2, 0.25) is 11.7 Å². The lowest BCUT2D eigenvalue weighted by Gasteiger charge is -2.21. The molecule has 0 spiro atoms. The summed E-state index contributed by atoms with van der Waals surface area (Å²) >= 11 is 11.5. The number of Topliss-reactive ketones (excluding diaryl/α,β-unsaturated/α-hetero) is 1. The maximum absolute atomic E-state index is 13.2. The highest BCUT2D eigenvalue weighted by atomic mass is 35.5. The Hall–Kier alpha value is -2.37. The smallest absolute Gasteiger partial charge is 0.226 e. The molecular weight excluding hydrogens is 414 g/mol. The van der Waals surface area contributed by atoms with Gasteiger partial charge in [0, 0.05) is 11.3 Å². The fourth-order valence-electron chi connectivity index (χ4n) is 3.51. The van der Waals surface area contributed by atoms with Crippen molar-refractivity contribution in [1.29, 1.82) is 0 Å². The monoisotopic (exact) mass is 434 g/mol. The van der Waals surface area contributed by atoms with E-state index >= 15 is 0 Å². The Morgan fingerprint density at radius 3 is 2.28 bits per heavy atom. The predicted molar refractivity (Wildman–Crippen MR) is 113 cm³/mol. The lowest BCUT2D eigenvalue weighted by molar-refractivity contribution is -0.123. The van der Waals surface area contributed by atoms with Crippen molar-refractivity contribution < 1.29 is 14.0 Å². The fraction of sp³-hybridized carbons (Fsp3) is 0.273. The van der Waals surface area contributed by atoms with Gasteiger partial charge >= 0.3 is 0 Å². The number of nitrogens with one attached hydrogen (secondary N) is 2. The second kappa shape index (κ2) is 8.56. The minimum atomic E-state index is -1.01. The van der Waals surface area contributed by atoms with Gasteiger partial charge in [0.15, 0.2) is 6.17 Å². The van der Waals surface area contributed by atoms with Crippen LogP contribution in [-0.4, -0.2) is 17.9 Å². The van der Waals surface area contributed by atoms with Crippen LogP contribution < -0.4 is 10.6 Å². The van der Waals surface area contributed by atoms with Gasteiger partial charge in [-0.2, -0.15) is 0 Å². The topological polar surface area (TPSA) is 58.2 Å². The molecular formula is C22H21Cl2FN2O2. The van der Waals surface area contributed by atoms with Crippen molar-refractivity contribution in [3.63, 3.8) is 0 Å². The molecule has 0 aromatic heterocycles. The molecule has 0 unspecified atom stereocenters. The van der Waals surface area contributed by atoms with Gasteiger partial charge in [-0.1, -0.05) is 67.4 Å². The van der Waals surface area contributed by atoms with E-state index in [0.29, 0.717) is 11.3 Å². The number of carbonyl (C=O) groups is 2. The molecule has 7 heteroatoms. The third-order valence-corrected chi connectivity index (χ3v) is 5.51. The van der Waals surface area contributed by atoms with Crippen LogP contribution in [0, 0.1) is 23.1 Å². The molecule has 1 fully saturated rings. The van der Waals surface area contributed by atoms with E-state index in [1.165, 1.54) is 24.3 Å². The Kier molecular flexibility index (Phi) is 6.30. The Morgan fingerprint density at radius 1 is 1.07 bits per heavy atom. The van der Waals surface area contributed by atoms with Crippen molar-refractivity contribution in [2.45, 2.75) is 20.0 Å². The van der Waals surface area contributed by atoms with E-state index in [4.69, 9.17) is 23.2 Å². The highest BCUT2D eigenvalue weighted by molar-refractivity contribution is 6.55. The van der Waals surface area contributed by atoms with Gasteiger partial charge in [-0.25, -0.2) is 4.39 Å². The van der Waals surface area contributed by atoms with E-state index in [1.54, 1.807) is 36.4 Å². The number of amides is 1. The molecule has 3 atom stereocenters. The molecule has 0 heterocycles. The van der Waals surface area contributed by atoms with Crippen molar-refractivity contribution in [2.75, 3.05) is 5.32 Å². The minimum Gasteiger partial charge on any atom is -0.359 e. The van der Waals surface area contributed by atoms with Crippen LogP contribution in [0.4, 0.5) is 10.1 Å². The SMILES string of the molecule is CC1(C)[C@H](C=C(Cl)Cl)[C@H]1C(=O)N[C@H](Nc1ccc(F)cc1)C(=O)c1ccccc1. The number of hydrogen-bond acceptors (Lipinski definition) is 3. The van der Waals surface area contributed by atoms with Crippen LogP contribution in [0.1, 0.15) is 24.2 Å². The molecule has 1 aliphatic carbocycles. The summed E-state index contributed by atoms with van der Waals surface area (Å²) in [6.07, 6.45) is 0.636. The zero-order chi connectivity index (χ0) is 21.2. The van der Waals surface area contributed by atoms with Gasteiger partial charge in [0.25, 0.3) is 0 Å². The molecule has 4 nitrogen and oxygen atoms in total. The zero-order valence-electron chi connectivity index (χ0n) is 16.0. The number of benzene rings is 2. The van der Waals surface area contributed by atoms with Crippen LogP contribution in [0.15, 0.2) is 65.2 Å². The molecule has 0 bridgehead atoms. The van der Waals surface area contributed by atoms with Crippen molar-refractivity contribution in [2.24, 2.45) is 17.3 Å². The molecule has 1 aliphatic rings. The van der Waals surface area contributed by atoms with Gasteiger partial charge in [-0.15, -0.1) is 0 Å².